The van der Waals surface area contributed by atoms with Crippen LogP contribution in [0.4, 0.5) is 0 Å². The molecule has 2 heterocycles. The number of carbonyl (C=O) groups is 2. The van der Waals surface area contributed by atoms with Crippen molar-refractivity contribution in [1.82, 2.24) is 14.4 Å². The molecule has 7 nitrogen and oxygen atoms in total. The van der Waals surface area contributed by atoms with E-state index in [9.17, 15) is 14.4 Å². The van der Waals surface area contributed by atoms with E-state index in [-0.39, 0.29) is 35.3 Å². The van der Waals surface area contributed by atoms with Gasteiger partial charge in [-0.05, 0) is 42.6 Å². The zero-order valence-electron chi connectivity index (χ0n) is 25.2. The van der Waals surface area contributed by atoms with Crippen LogP contribution in [0.1, 0.15) is 82.5 Å². The molecule has 1 aliphatic carbocycles. The standard InChI is InChI=1S/C31H43N3O3.C2H6O/c1-31(2)22-33(28(35)16-15-23-11-7-5-8-12-23)18-17-25(31)20-34-21-27(30(37)32(3)4)26(19-29(34)36)24-13-9-6-10-14-24;1-2-3/h6,9-10,13-14,19,21,23,25H,5,7-8,11-12,15-18,20,22H2,1-4H3;3H,2H2,1H3. The van der Waals surface area contributed by atoms with Gasteiger partial charge in [-0.3, -0.25) is 14.4 Å². The Bertz CT molecular complexity index is 1170. The number of aliphatic hydroxyl groups is 1. The maximum atomic E-state index is 13.2. The second-order valence-corrected chi connectivity index (χ2v) is 12.3. The van der Waals surface area contributed by atoms with Gasteiger partial charge in [-0.15, -0.1) is 0 Å². The van der Waals surface area contributed by atoms with Crippen molar-refractivity contribution < 1.29 is 14.7 Å². The van der Waals surface area contributed by atoms with E-state index in [1.165, 1.54) is 32.1 Å². The van der Waals surface area contributed by atoms with E-state index >= 15 is 0 Å². The molecule has 1 atom stereocenters. The van der Waals surface area contributed by atoms with Crippen LogP contribution in [0.25, 0.3) is 11.1 Å². The summed E-state index contributed by atoms with van der Waals surface area (Å²) in [5.74, 6) is 1.11. The molecule has 1 saturated carbocycles. The number of likely N-dealkylation sites (tertiary alicyclic amines) is 1. The van der Waals surface area contributed by atoms with Crippen LogP contribution in [-0.2, 0) is 11.3 Å². The molecule has 0 bridgehead atoms. The first-order valence-electron chi connectivity index (χ1n) is 15.0. The molecule has 0 spiro atoms. The van der Waals surface area contributed by atoms with Crippen molar-refractivity contribution >= 4 is 11.8 Å². The fraction of sp³-hybridized carbons (Fsp3) is 0.606. The summed E-state index contributed by atoms with van der Waals surface area (Å²) in [5.41, 5.74) is 1.83. The van der Waals surface area contributed by atoms with Crippen molar-refractivity contribution in [2.75, 3.05) is 33.8 Å². The van der Waals surface area contributed by atoms with Crippen molar-refractivity contribution in [2.24, 2.45) is 17.3 Å². The number of pyridine rings is 1. The van der Waals surface area contributed by atoms with E-state index in [0.717, 1.165) is 24.9 Å². The lowest BCUT2D eigenvalue weighted by Crippen LogP contribution is -2.49. The molecule has 40 heavy (non-hydrogen) atoms. The Hall–Kier alpha value is -2.93. The van der Waals surface area contributed by atoms with Gasteiger partial charge in [0.15, 0.2) is 0 Å². The summed E-state index contributed by atoms with van der Waals surface area (Å²) < 4.78 is 1.70. The van der Waals surface area contributed by atoms with Gasteiger partial charge in [0, 0.05) is 64.6 Å². The van der Waals surface area contributed by atoms with Crippen LogP contribution in [0, 0.1) is 17.3 Å². The van der Waals surface area contributed by atoms with Gasteiger partial charge in [0.25, 0.3) is 11.5 Å². The third-order valence-corrected chi connectivity index (χ3v) is 8.56. The zero-order chi connectivity index (χ0) is 29.3. The number of rotatable bonds is 7. The van der Waals surface area contributed by atoms with E-state index in [0.29, 0.717) is 36.6 Å². The van der Waals surface area contributed by atoms with Crippen LogP contribution in [0.15, 0.2) is 47.4 Å². The van der Waals surface area contributed by atoms with Crippen LogP contribution in [-0.4, -0.2) is 65.1 Å². The van der Waals surface area contributed by atoms with Gasteiger partial charge in [-0.1, -0.05) is 76.3 Å². The van der Waals surface area contributed by atoms with Gasteiger partial charge in [0.2, 0.25) is 5.91 Å². The molecule has 2 amide bonds. The van der Waals surface area contributed by atoms with Gasteiger partial charge >= 0.3 is 0 Å². The molecule has 4 rings (SSSR count). The summed E-state index contributed by atoms with van der Waals surface area (Å²) in [6, 6.07) is 11.2. The summed E-state index contributed by atoms with van der Waals surface area (Å²) in [5, 5.41) is 7.57. The molecule has 1 aromatic heterocycles. The lowest BCUT2D eigenvalue weighted by molar-refractivity contribution is -0.136. The van der Waals surface area contributed by atoms with Gasteiger partial charge in [0.1, 0.15) is 0 Å². The molecular formula is C33H49N3O4. The number of aliphatic hydroxyl groups excluding tert-OH is 1. The van der Waals surface area contributed by atoms with Crippen molar-refractivity contribution in [2.45, 2.75) is 78.7 Å². The average molecular weight is 552 g/mol. The minimum Gasteiger partial charge on any atom is -0.397 e. The third-order valence-electron chi connectivity index (χ3n) is 8.56. The average Bonchev–Trinajstić information content (AvgIpc) is 2.94. The predicted octanol–water partition coefficient (Wildman–Crippen LogP) is 5.45. The normalized spacial score (nSPS) is 18.9. The Kier molecular flexibility index (Phi) is 11.6. The Labute approximate surface area is 240 Å². The summed E-state index contributed by atoms with van der Waals surface area (Å²) >= 11 is 0. The van der Waals surface area contributed by atoms with E-state index in [4.69, 9.17) is 5.11 Å². The maximum absolute atomic E-state index is 13.2. The van der Waals surface area contributed by atoms with Crippen molar-refractivity contribution in [3.05, 3.63) is 58.5 Å². The van der Waals surface area contributed by atoms with Crippen LogP contribution in [0.3, 0.4) is 0 Å². The lowest BCUT2D eigenvalue weighted by Gasteiger charge is -2.44. The topological polar surface area (TPSA) is 82.8 Å². The maximum Gasteiger partial charge on any atom is 0.255 e. The van der Waals surface area contributed by atoms with E-state index in [1.54, 1.807) is 42.7 Å². The van der Waals surface area contributed by atoms with Crippen LogP contribution in [0.5, 0.6) is 0 Å². The molecule has 2 aliphatic rings. The smallest absolute Gasteiger partial charge is 0.255 e. The molecule has 1 N–H and O–H groups in total. The minimum absolute atomic E-state index is 0.101. The van der Waals surface area contributed by atoms with Crippen molar-refractivity contribution in [3.8, 4) is 11.1 Å². The summed E-state index contributed by atoms with van der Waals surface area (Å²) in [4.78, 5) is 42.9. The molecule has 7 heteroatoms. The second-order valence-electron chi connectivity index (χ2n) is 12.3. The number of amides is 2. The second kappa shape index (κ2) is 14.6. The Balaban J connectivity index is 0.00000141. The van der Waals surface area contributed by atoms with Crippen molar-refractivity contribution in [3.63, 3.8) is 0 Å². The van der Waals surface area contributed by atoms with Gasteiger partial charge in [-0.2, -0.15) is 0 Å². The lowest BCUT2D eigenvalue weighted by atomic mass is 9.73. The Morgan fingerprint density at radius 1 is 1.05 bits per heavy atom. The summed E-state index contributed by atoms with van der Waals surface area (Å²) in [7, 11) is 3.47. The highest BCUT2D eigenvalue weighted by molar-refractivity contribution is 6.00. The number of aromatic nitrogens is 1. The van der Waals surface area contributed by atoms with Gasteiger partial charge in [0.05, 0.1) is 5.56 Å². The van der Waals surface area contributed by atoms with Crippen molar-refractivity contribution in [1.29, 1.82) is 0 Å². The highest BCUT2D eigenvalue weighted by atomic mass is 16.2. The molecule has 1 aromatic carbocycles. The quantitative estimate of drug-likeness (QED) is 0.496. The van der Waals surface area contributed by atoms with Crippen LogP contribution in [0.2, 0.25) is 0 Å². The number of piperidine rings is 1. The number of nitrogens with zero attached hydrogens (tertiary/aromatic N) is 3. The SMILES string of the molecule is CCO.CN(C)C(=O)c1cn(CC2CCN(C(=O)CCC3CCCCC3)CC2(C)C)c(=O)cc1-c1ccccc1. The first kappa shape index (κ1) is 31.6. The number of hydrogen-bond donors (Lipinski definition) is 1. The minimum atomic E-state index is -0.123. The molecule has 2 fully saturated rings. The zero-order valence-corrected chi connectivity index (χ0v) is 25.2. The highest BCUT2D eigenvalue weighted by Crippen LogP contribution is 2.37. The van der Waals surface area contributed by atoms with E-state index in [1.807, 2.05) is 35.2 Å². The van der Waals surface area contributed by atoms with Crippen LogP contribution >= 0.6 is 0 Å². The largest absolute Gasteiger partial charge is 0.397 e. The number of benzene rings is 1. The first-order valence-corrected chi connectivity index (χ1v) is 15.0. The summed E-state index contributed by atoms with van der Waals surface area (Å²) in [6.07, 6.45) is 10.8. The Morgan fingerprint density at radius 3 is 2.30 bits per heavy atom. The molecule has 1 saturated heterocycles. The molecule has 220 valence electrons. The predicted molar refractivity (Wildman–Crippen MR) is 161 cm³/mol. The molecular weight excluding hydrogens is 502 g/mol. The van der Waals surface area contributed by atoms with E-state index in [2.05, 4.69) is 13.8 Å². The fourth-order valence-corrected chi connectivity index (χ4v) is 6.14. The molecule has 1 aliphatic heterocycles. The molecule has 0 radical (unpaired) electrons. The number of hydrogen-bond acceptors (Lipinski definition) is 4. The Morgan fingerprint density at radius 2 is 1.70 bits per heavy atom. The molecule has 2 aromatic rings. The molecule has 1 unspecified atom stereocenters. The van der Waals surface area contributed by atoms with Gasteiger partial charge in [-0.25, -0.2) is 0 Å². The third kappa shape index (κ3) is 8.29. The summed E-state index contributed by atoms with van der Waals surface area (Å²) in [6.45, 7) is 8.32. The monoisotopic (exact) mass is 551 g/mol. The van der Waals surface area contributed by atoms with E-state index < -0.39 is 0 Å². The fourth-order valence-electron chi connectivity index (χ4n) is 6.14. The van der Waals surface area contributed by atoms with Gasteiger partial charge < -0.3 is 19.5 Å². The van der Waals surface area contributed by atoms with Crippen LogP contribution < -0.4 is 5.56 Å². The highest BCUT2D eigenvalue weighted by Gasteiger charge is 2.38. The first-order chi connectivity index (χ1) is 19.1. The number of carbonyl (C=O) groups excluding carboxylic acids is 2.